The van der Waals surface area contributed by atoms with Crippen LogP contribution in [0.25, 0.3) is 0 Å². The van der Waals surface area contributed by atoms with Crippen LogP contribution in [-0.2, 0) is 0 Å². The van der Waals surface area contributed by atoms with Gasteiger partial charge in [0.1, 0.15) is 5.82 Å². The summed E-state index contributed by atoms with van der Waals surface area (Å²) < 4.78 is 13.7. The maximum absolute atomic E-state index is 13.7. The molecule has 1 aliphatic rings. The van der Waals surface area contributed by atoms with E-state index in [1.54, 1.807) is 12.1 Å². The van der Waals surface area contributed by atoms with Crippen LogP contribution in [0.1, 0.15) is 54.4 Å². The van der Waals surface area contributed by atoms with Gasteiger partial charge in [0.15, 0.2) is 5.78 Å². The molecule has 0 aromatic heterocycles. The van der Waals surface area contributed by atoms with Crippen molar-refractivity contribution < 1.29 is 9.18 Å². The summed E-state index contributed by atoms with van der Waals surface area (Å²) in [6.07, 6.45) is 6.46. The van der Waals surface area contributed by atoms with E-state index in [9.17, 15) is 9.18 Å². The van der Waals surface area contributed by atoms with E-state index in [0.717, 1.165) is 31.2 Å². The van der Waals surface area contributed by atoms with Crippen LogP contribution in [0.15, 0.2) is 18.2 Å². The van der Waals surface area contributed by atoms with E-state index in [0.29, 0.717) is 0 Å². The highest BCUT2D eigenvalue weighted by atomic mass is 19.1. The fourth-order valence-corrected chi connectivity index (χ4v) is 2.59. The van der Waals surface area contributed by atoms with Gasteiger partial charge in [0.05, 0.1) is 5.56 Å². The zero-order valence-corrected chi connectivity index (χ0v) is 10.3. The maximum Gasteiger partial charge on any atom is 0.168 e. The van der Waals surface area contributed by atoms with Crippen molar-refractivity contribution in [3.8, 4) is 0 Å². The van der Waals surface area contributed by atoms with Crippen molar-refractivity contribution in [1.82, 2.24) is 0 Å². The second kappa shape index (κ2) is 5.44. The van der Waals surface area contributed by atoms with Gasteiger partial charge >= 0.3 is 0 Å². The fraction of sp³-hybridized carbons (Fsp3) is 0.533. The van der Waals surface area contributed by atoms with Crippen molar-refractivity contribution in [3.63, 3.8) is 0 Å². The first-order chi connectivity index (χ1) is 8.18. The molecule has 2 rings (SSSR count). The Morgan fingerprint density at radius 2 is 1.82 bits per heavy atom. The number of hydrogen-bond acceptors (Lipinski definition) is 1. The van der Waals surface area contributed by atoms with Crippen LogP contribution in [0.2, 0.25) is 0 Å². The molecule has 0 amide bonds. The van der Waals surface area contributed by atoms with E-state index in [4.69, 9.17) is 0 Å². The molecule has 17 heavy (non-hydrogen) atoms. The zero-order valence-electron chi connectivity index (χ0n) is 10.3. The molecular formula is C15H19FO. The molecule has 1 aromatic carbocycles. The first kappa shape index (κ1) is 12.3. The lowest BCUT2D eigenvalue weighted by Gasteiger charge is -2.13. The molecule has 0 saturated heterocycles. The number of Topliss-reactive ketones (excluding diaryl/α,β-unsaturated/α-hetero) is 1. The van der Waals surface area contributed by atoms with Gasteiger partial charge in [-0.3, -0.25) is 4.79 Å². The summed E-state index contributed by atoms with van der Waals surface area (Å²) in [5.41, 5.74) is 1.24. The van der Waals surface area contributed by atoms with E-state index in [1.807, 2.05) is 6.92 Å². The van der Waals surface area contributed by atoms with Gasteiger partial charge in [0.2, 0.25) is 0 Å². The third-order valence-corrected chi connectivity index (χ3v) is 3.61. The quantitative estimate of drug-likeness (QED) is 0.551. The van der Waals surface area contributed by atoms with Crippen LogP contribution >= 0.6 is 0 Å². The number of carbonyl (C=O) groups excluding carboxylic acids is 1. The van der Waals surface area contributed by atoms with Crippen LogP contribution in [0, 0.1) is 18.7 Å². The Labute approximate surface area is 102 Å². The van der Waals surface area contributed by atoms with Gasteiger partial charge < -0.3 is 0 Å². The van der Waals surface area contributed by atoms with Crippen molar-refractivity contribution in [1.29, 1.82) is 0 Å². The SMILES string of the molecule is Cc1ccc(F)c(C(=O)C2CCCCCC2)c1. The third kappa shape index (κ3) is 2.93. The van der Waals surface area contributed by atoms with Gasteiger partial charge in [-0.1, -0.05) is 37.3 Å². The molecule has 1 saturated carbocycles. The Hall–Kier alpha value is -1.18. The zero-order chi connectivity index (χ0) is 12.3. The van der Waals surface area contributed by atoms with E-state index < -0.39 is 0 Å². The molecule has 0 atom stereocenters. The second-order valence-electron chi connectivity index (χ2n) is 5.04. The van der Waals surface area contributed by atoms with Gasteiger partial charge in [0, 0.05) is 5.92 Å². The predicted molar refractivity (Wildman–Crippen MR) is 66.7 cm³/mol. The summed E-state index contributed by atoms with van der Waals surface area (Å²) in [5.74, 6) is -0.327. The largest absolute Gasteiger partial charge is 0.294 e. The summed E-state index contributed by atoms with van der Waals surface area (Å²) in [6, 6.07) is 4.79. The minimum atomic E-state index is -0.371. The van der Waals surface area contributed by atoms with Crippen molar-refractivity contribution in [2.75, 3.05) is 0 Å². The molecule has 92 valence electrons. The molecule has 1 aromatic rings. The Bertz CT molecular complexity index is 403. The normalized spacial score (nSPS) is 17.8. The van der Waals surface area contributed by atoms with Crippen LogP contribution in [0.3, 0.4) is 0 Å². The van der Waals surface area contributed by atoms with E-state index in [1.165, 1.54) is 18.9 Å². The van der Waals surface area contributed by atoms with Crippen molar-refractivity contribution in [2.45, 2.75) is 45.4 Å². The molecule has 0 radical (unpaired) electrons. The molecule has 2 heteroatoms. The summed E-state index contributed by atoms with van der Waals surface area (Å²) in [7, 11) is 0. The molecular weight excluding hydrogens is 215 g/mol. The van der Waals surface area contributed by atoms with E-state index in [2.05, 4.69) is 0 Å². The average molecular weight is 234 g/mol. The minimum Gasteiger partial charge on any atom is -0.294 e. The van der Waals surface area contributed by atoms with Crippen LogP contribution < -0.4 is 0 Å². The standard InChI is InChI=1S/C15H19FO/c1-11-8-9-14(16)13(10-11)15(17)12-6-4-2-3-5-7-12/h8-10,12H,2-7H2,1H3. The lowest BCUT2D eigenvalue weighted by atomic mass is 9.90. The number of aryl methyl sites for hydroxylation is 1. The number of rotatable bonds is 2. The Morgan fingerprint density at radius 3 is 2.47 bits per heavy atom. The molecule has 0 bridgehead atoms. The monoisotopic (exact) mass is 234 g/mol. The third-order valence-electron chi connectivity index (χ3n) is 3.61. The molecule has 0 N–H and O–H groups in total. The van der Waals surface area contributed by atoms with E-state index >= 15 is 0 Å². The Morgan fingerprint density at radius 1 is 1.18 bits per heavy atom. The molecule has 1 aliphatic carbocycles. The molecule has 0 unspecified atom stereocenters. The van der Waals surface area contributed by atoms with Crippen LogP contribution in [-0.4, -0.2) is 5.78 Å². The lowest BCUT2D eigenvalue weighted by molar-refractivity contribution is 0.0903. The van der Waals surface area contributed by atoms with Gasteiger partial charge in [0.25, 0.3) is 0 Å². The summed E-state index contributed by atoms with van der Waals surface area (Å²) in [5, 5.41) is 0. The van der Waals surface area contributed by atoms with Gasteiger partial charge in [-0.05, 0) is 31.9 Å². The van der Waals surface area contributed by atoms with Gasteiger partial charge in [-0.15, -0.1) is 0 Å². The van der Waals surface area contributed by atoms with Crippen LogP contribution in [0.4, 0.5) is 4.39 Å². The first-order valence-corrected chi connectivity index (χ1v) is 6.49. The van der Waals surface area contributed by atoms with Crippen molar-refractivity contribution >= 4 is 5.78 Å². The number of benzene rings is 1. The Kier molecular flexibility index (Phi) is 3.93. The highest BCUT2D eigenvalue weighted by molar-refractivity contribution is 5.98. The summed E-state index contributed by atoms with van der Waals surface area (Å²) >= 11 is 0. The number of halogens is 1. The average Bonchev–Trinajstić information content (AvgIpc) is 2.60. The predicted octanol–water partition coefficient (Wildman–Crippen LogP) is 4.29. The molecule has 1 fully saturated rings. The minimum absolute atomic E-state index is 0.00750. The molecule has 0 spiro atoms. The second-order valence-corrected chi connectivity index (χ2v) is 5.04. The number of ketones is 1. The molecule has 0 aliphatic heterocycles. The number of carbonyl (C=O) groups is 1. The van der Waals surface area contributed by atoms with Gasteiger partial charge in [-0.2, -0.15) is 0 Å². The smallest absolute Gasteiger partial charge is 0.168 e. The molecule has 0 heterocycles. The number of hydrogen-bond donors (Lipinski definition) is 0. The molecule has 1 nitrogen and oxygen atoms in total. The summed E-state index contributed by atoms with van der Waals surface area (Å²) in [4.78, 5) is 12.3. The van der Waals surface area contributed by atoms with Crippen molar-refractivity contribution in [3.05, 3.63) is 35.1 Å². The first-order valence-electron chi connectivity index (χ1n) is 6.49. The van der Waals surface area contributed by atoms with E-state index in [-0.39, 0.29) is 23.1 Å². The fourth-order valence-electron chi connectivity index (χ4n) is 2.59. The highest BCUT2D eigenvalue weighted by Crippen LogP contribution is 2.27. The topological polar surface area (TPSA) is 17.1 Å². The lowest BCUT2D eigenvalue weighted by Crippen LogP contribution is -2.15. The van der Waals surface area contributed by atoms with Crippen molar-refractivity contribution in [2.24, 2.45) is 5.92 Å². The maximum atomic E-state index is 13.7. The van der Waals surface area contributed by atoms with Crippen LogP contribution in [0.5, 0.6) is 0 Å². The highest BCUT2D eigenvalue weighted by Gasteiger charge is 2.23. The van der Waals surface area contributed by atoms with Gasteiger partial charge in [-0.25, -0.2) is 4.39 Å². The summed E-state index contributed by atoms with van der Waals surface area (Å²) in [6.45, 7) is 1.89. The Balaban J connectivity index is 2.20.